The molecule has 9 heteroatoms. The molecular weight excluding hydrogens is 482 g/mol. The molecule has 0 bridgehead atoms. The quantitative estimate of drug-likeness (QED) is 0.301. The largest absolute Gasteiger partial charge is 0.329 e. The first-order chi connectivity index (χ1) is 17.7. The minimum absolute atomic E-state index is 0.0837. The number of hydrogen-bond donors (Lipinski definition) is 1. The second-order valence-corrected chi connectivity index (χ2v) is 11.3. The standard InChI is InChI=1S/C29H37N5O4/c1-18(2)16-32(28(36)22-11-10-20(4)24(14-22)34(37)38)17-27(35)30-26-15-25(29(6,7)8)31-33(26)23-12-9-19(3)13-21(23)5/h9-15,18H,16-17H2,1-8H3,(H,30,35). The number of rotatable bonds is 8. The van der Waals surface area contributed by atoms with Gasteiger partial charge in [-0.15, -0.1) is 0 Å². The number of anilines is 1. The molecule has 38 heavy (non-hydrogen) atoms. The van der Waals surface area contributed by atoms with Crippen LogP contribution in [0.2, 0.25) is 0 Å². The zero-order chi connectivity index (χ0) is 28.4. The van der Waals surface area contributed by atoms with E-state index >= 15 is 0 Å². The first-order valence-corrected chi connectivity index (χ1v) is 12.7. The summed E-state index contributed by atoms with van der Waals surface area (Å²) in [5, 5.41) is 19.1. The van der Waals surface area contributed by atoms with E-state index in [1.54, 1.807) is 23.7 Å². The maximum atomic E-state index is 13.4. The van der Waals surface area contributed by atoms with Crippen LogP contribution >= 0.6 is 0 Å². The number of nitrogens with zero attached hydrogens (tertiary/aromatic N) is 4. The van der Waals surface area contributed by atoms with Crippen LogP contribution in [0, 0.1) is 36.8 Å². The fourth-order valence-electron chi connectivity index (χ4n) is 4.20. The number of carbonyl (C=O) groups is 2. The van der Waals surface area contributed by atoms with Gasteiger partial charge in [0, 0.05) is 35.2 Å². The number of carbonyl (C=O) groups excluding carboxylic acids is 2. The van der Waals surface area contributed by atoms with Crippen molar-refractivity contribution in [3.05, 3.63) is 80.5 Å². The van der Waals surface area contributed by atoms with Gasteiger partial charge in [-0.1, -0.05) is 58.4 Å². The van der Waals surface area contributed by atoms with E-state index in [1.165, 1.54) is 11.0 Å². The van der Waals surface area contributed by atoms with Gasteiger partial charge < -0.3 is 10.2 Å². The van der Waals surface area contributed by atoms with Crippen LogP contribution in [0.1, 0.15) is 67.4 Å². The van der Waals surface area contributed by atoms with Gasteiger partial charge in [0.1, 0.15) is 12.4 Å². The number of aryl methyl sites for hydroxylation is 3. The lowest BCUT2D eigenvalue weighted by Gasteiger charge is -2.24. The summed E-state index contributed by atoms with van der Waals surface area (Å²) >= 11 is 0. The lowest BCUT2D eigenvalue weighted by molar-refractivity contribution is -0.385. The molecule has 0 aliphatic heterocycles. The minimum atomic E-state index is -0.507. The molecule has 3 aromatic rings. The number of nitrogens with one attached hydrogen (secondary N) is 1. The summed E-state index contributed by atoms with van der Waals surface area (Å²) in [6.45, 7) is 15.8. The van der Waals surface area contributed by atoms with E-state index in [-0.39, 0.29) is 35.0 Å². The molecule has 1 N–H and O–H groups in total. The van der Waals surface area contributed by atoms with Crippen LogP contribution in [-0.2, 0) is 10.2 Å². The highest BCUT2D eigenvalue weighted by Gasteiger charge is 2.25. The molecule has 0 saturated heterocycles. The molecule has 1 aromatic heterocycles. The number of nitro groups is 1. The molecule has 2 amide bonds. The highest BCUT2D eigenvalue weighted by atomic mass is 16.6. The molecule has 0 aliphatic rings. The van der Waals surface area contributed by atoms with E-state index < -0.39 is 10.8 Å². The lowest BCUT2D eigenvalue weighted by atomic mass is 9.92. The first-order valence-electron chi connectivity index (χ1n) is 12.7. The smallest absolute Gasteiger partial charge is 0.273 e. The Labute approximate surface area is 224 Å². The van der Waals surface area contributed by atoms with Gasteiger partial charge in [0.05, 0.1) is 16.3 Å². The molecule has 0 fully saturated rings. The second-order valence-electron chi connectivity index (χ2n) is 11.3. The summed E-state index contributed by atoms with van der Waals surface area (Å²) in [6, 6.07) is 12.3. The molecule has 0 saturated carbocycles. The van der Waals surface area contributed by atoms with Crippen molar-refractivity contribution >= 4 is 23.3 Å². The minimum Gasteiger partial charge on any atom is -0.329 e. The summed E-state index contributed by atoms with van der Waals surface area (Å²) in [6.07, 6.45) is 0. The summed E-state index contributed by atoms with van der Waals surface area (Å²) in [5.41, 5.74) is 4.07. The van der Waals surface area contributed by atoms with Crippen molar-refractivity contribution in [1.29, 1.82) is 0 Å². The van der Waals surface area contributed by atoms with Gasteiger partial charge in [0.2, 0.25) is 5.91 Å². The SMILES string of the molecule is Cc1ccc(-n2nc(C(C)(C)C)cc2NC(=O)CN(CC(C)C)C(=O)c2ccc(C)c([N+](=O)[O-])c2)c(C)c1. The van der Waals surface area contributed by atoms with Gasteiger partial charge in [0.15, 0.2) is 0 Å². The Balaban J connectivity index is 1.92. The highest BCUT2D eigenvalue weighted by molar-refractivity contribution is 5.99. The fraction of sp³-hybridized carbons (Fsp3) is 0.414. The monoisotopic (exact) mass is 519 g/mol. The molecule has 2 aromatic carbocycles. The number of aromatic nitrogens is 2. The maximum Gasteiger partial charge on any atom is 0.273 e. The normalized spacial score (nSPS) is 11.5. The zero-order valence-electron chi connectivity index (χ0n) is 23.5. The van der Waals surface area contributed by atoms with Crippen molar-refractivity contribution in [3.8, 4) is 5.69 Å². The molecule has 0 atom stereocenters. The third kappa shape index (κ3) is 6.65. The Hall–Kier alpha value is -4.01. The van der Waals surface area contributed by atoms with Crippen LogP contribution in [0.4, 0.5) is 11.5 Å². The number of nitro benzene ring substituents is 1. The highest BCUT2D eigenvalue weighted by Crippen LogP contribution is 2.28. The van der Waals surface area contributed by atoms with Crippen LogP contribution in [0.15, 0.2) is 42.5 Å². The van der Waals surface area contributed by atoms with Gasteiger partial charge >= 0.3 is 0 Å². The van der Waals surface area contributed by atoms with Gasteiger partial charge in [0.25, 0.3) is 11.6 Å². The van der Waals surface area contributed by atoms with Gasteiger partial charge in [-0.05, 0) is 44.4 Å². The van der Waals surface area contributed by atoms with E-state index in [1.807, 2.05) is 45.9 Å². The molecule has 0 radical (unpaired) electrons. The van der Waals surface area contributed by atoms with Crippen molar-refractivity contribution < 1.29 is 14.5 Å². The van der Waals surface area contributed by atoms with Gasteiger partial charge in [-0.3, -0.25) is 19.7 Å². The molecule has 0 spiro atoms. The van der Waals surface area contributed by atoms with Crippen molar-refractivity contribution in [3.63, 3.8) is 0 Å². The third-order valence-corrected chi connectivity index (χ3v) is 6.19. The van der Waals surface area contributed by atoms with Gasteiger partial charge in [-0.25, -0.2) is 4.68 Å². The number of amides is 2. The Morgan fingerprint density at radius 2 is 1.74 bits per heavy atom. The first kappa shape index (κ1) is 28.6. The summed E-state index contributed by atoms with van der Waals surface area (Å²) < 4.78 is 1.73. The maximum absolute atomic E-state index is 13.4. The van der Waals surface area contributed by atoms with Crippen molar-refractivity contribution in [2.75, 3.05) is 18.4 Å². The van der Waals surface area contributed by atoms with E-state index in [2.05, 4.69) is 32.2 Å². The number of benzene rings is 2. The molecule has 1 heterocycles. The van der Waals surface area contributed by atoms with Crippen LogP contribution in [0.3, 0.4) is 0 Å². The van der Waals surface area contributed by atoms with E-state index in [0.717, 1.165) is 22.5 Å². The average molecular weight is 520 g/mol. The summed E-state index contributed by atoms with van der Waals surface area (Å²) in [7, 11) is 0. The third-order valence-electron chi connectivity index (χ3n) is 6.19. The Morgan fingerprint density at radius 1 is 1.05 bits per heavy atom. The predicted molar refractivity (Wildman–Crippen MR) is 149 cm³/mol. The van der Waals surface area contributed by atoms with Crippen LogP contribution in [0.25, 0.3) is 5.69 Å². The van der Waals surface area contributed by atoms with E-state index in [0.29, 0.717) is 17.9 Å². The Morgan fingerprint density at radius 3 is 2.32 bits per heavy atom. The molecule has 202 valence electrons. The lowest BCUT2D eigenvalue weighted by Crippen LogP contribution is -2.40. The van der Waals surface area contributed by atoms with Crippen LogP contribution < -0.4 is 5.32 Å². The van der Waals surface area contributed by atoms with Crippen molar-refractivity contribution in [2.45, 2.75) is 60.8 Å². The molecule has 0 aliphatic carbocycles. The van der Waals surface area contributed by atoms with Crippen molar-refractivity contribution in [2.24, 2.45) is 5.92 Å². The fourth-order valence-corrected chi connectivity index (χ4v) is 4.20. The molecule has 3 rings (SSSR count). The summed E-state index contributed by atoms with van der Waals surface area (Å²) in [5.74, 6) is -0.225. The van der Waals surface area contributed by atoms with Crippen molar-refractivity contribution in [1.82, 2.24) is 14.7 Å². The Kier molecular flexibility index (Phi) is 8.39. The van der Waals surface area contributed by atoms with E-state index in [9.17, 15) is 19.7 Å². The zero-order valence-corrected chi connectivity index (χ0v) is 23.5. The molecular formula is C29H37N5O4. The molecule has 9 nitrogen and oxygen atoms in total. The van der Waals surface area contributed by atoms with E-state index in [4.69, 9.17) is 5.10 Å². The number of hydrogen-bond acceptors (Lipinski definition) is 5. The summed E-state index contributed by atoms with van der Waals surface area (Å²) in [4.78, 5) is 39.0. The molecule has 0 unspecified atom stereocenters. The van der Waals surface area contributed by atoms with Crippen LogP contribution in [-0.4, -0.2) is 44.5 Å². The van der Waals surface area contributed by atoms with Crippen LogP contribution in [0.5, 0.6) is 0 Å². The Bertz CT molecular complexity index is 1370. The predicted octanol–water partition coefficient (Wildman–Crippen LogP) is 5.74. The average Bonchev–Trinajstić information content (AvgIpc) is 3.21. The second kappa shape index (κ2) is 11.2. The van der Waals surface area contributed by atoms with Gasteiger partial charge in [-0.2, -0.15) is 5.10 Å². The topological polar surface area (TPSA) is 110 Å².